The molecule has 0 aromatic heterocycles. The van der Waals surface area contributed by atoms with E-state index in [9.17, 15) is 13.9 Å². The molecule has 19 heavy (non-hydrogen) atoms. The molecule has 0 aliphatic heterocycles. The van der Waals surface area contributed by atoms with Crippen LogP contribution in [0.4, 0.5) is 8.78 Å². The van der Waals surface area contributed by atoms with Gasteiger partial charge < -0.3 is 5.11 Å². The molecule has 4 heteroatoms. The van der Waals surface area contributed by atoms with E-state index in [2.05, 4.69) is 0 Å². The van der Waals surface area contributed by atoms with Crippen molar-refractivity contribution in [2.75, 3.05) is 0 Å². The fourth-order valence-corrected chi connectivity index (χ4v) is 2.11. The van der Waals surface area contributed by atoms with Crippen LogP contribution in [0.25, 0.3) is 0 Å². The van der Waals surface area contributed by atoms with Gasteiger partial charge in [-0.3, -0.25) is 0 Å². The molecule has 0 fully saturated rings. The van der Waals surface area contributed by atoms with Crippen LogP contribution in [0.3, 0.4) is 0 Å². The smallest absolute Gasteiger partial charge is 0.126 e. The highest BCUT2D eigenvalue weighted by Gasteiger charge is 2.11. The highest BCUT2D eigenvalue weighted by atomic mass is 35.5. The number of aliphatic hydroxyl groups is 1. The van der Waals surface area contributed by atoms with Gasteiger partial charge in [-0.2, -0.15) is 0 Å². The normalized spacial score (nSPS) is 12.4. The Balaban J connectivity index is 2.02. The number of rotatable bonds is 4. The highest BCUT2D eigenvalue weighted by Crippen LogP contribution is 2.17. The number of aliphatic hydroxyl groups excluding tert-OH is 1. The van der Waals surface area contributed by atoms with E-state index in [1.165, 1.54) is 30.3 Å². The minimum Gasteiger partial charge on any atom is -0.392 e. The largest absolute Gasteiger partial charge is 0.392 e. The van der Waals surface area contributed by atoms with Gasteiger partial charge >= 0.3 is 0 Å². The lowest BCUT2D eigenvalue weighted by Crippen LogP contribution is -2.14. The summed E-state index contributed by atoms with van der Waals surface area (Å²) in [5.41, 5.74) is 1.18. The van der Waals surface area contributed by atoms with Crippen molar-refractivity contribution >= 4 is 11.6 Å². The van der Waals surface area contributed by atoms with Crippen molar-refractivity contribution in [2.45, 2.75) is 18.9 Å². The molecule has 0 bridgehead atoms. The monoisotopic (exact) mass is 282 g/mol. The molecule has 100 valence electrons. The lowest BCUT2D eigenvalue weighted by Gasteiger charge is -2.11. The molecule has 2 aromatic carbocycles. The van der Waals surface area contributed by atoms with Crippen LogP contribution in [-0.4, -0.2) is 11.2 Å². The second-order valence-corrected chi connectivity index (χ2v) is 4.86. The van der Waals surface area contributed by atoms with Crippen molar-refractivity contribution in [3.8, 4) is 0 Å². The average molecular weight is 283 g/mol. The molecule has 0 heterocycles. The molecule has 0 aliphatic rings. The van der Waals surface area contributed by atoms with Crippen molar-refractivity contribution < 1.29 is 13.9 Å². The summed E-state index contributed by atoms with van der Waals surface area (Å²) in [6.45, 7) is 0. The fraction of sp³-hybridized carbons (Fsp3) is 0.200. The van der Waals surface area contributed by atoms with Crippen LogP contribution in [0.1, 0.15) is 11.1 Å². The summed E-state index contributed by atoms with van der Waals surface area (Å²) < 4.78 is 26.2. The van der Waals surface area contributed by atoms with E-state index < -0.39 is 6.10 Å². The number of halogens is 3. The molecule has 1 atom stereocenters. The molecule has 0 spiro atoms. The van der Waals surface area contributed by atoms with Crippen LogP contribution in [0.15, 0.2) is 42.5 Å². The summed E-state index contributed by atoms with van der Waals surface area (Å²) in [6.07, 6.45) is -0.228. The molecular weight excluding hydrogens is 270 g/mol. The Morgan fingerprint density at radius 3 is 2.37 bits per heavy atom. The number of benzene rings is 2. The molecule has 0 amide bonds. The third-order valence-electron chi connectivity index (χ3n) is 2.85. The standard InChI is InChI=1S/C15H13ClF2O/c16-12-3-6-15(18)11(8-12)9-14(19)7-10-1-4-13(17)5-2-10/h1-6,8,14,19H,7,9H2. The van der Waals surface area contributed by atoms with Crippen molar-refractivity contribution in [3.05, 3.63) is 70.2 Å². The number of hydrogen-bond acceptors (Lipinski definition) is 1. The van der Waals surface area contributed by atoms with Gasteiger partial charge in [-0.25, -0.2) is 8.78 Å². The zero-order valence-corrected chi connectivity index (χ0v) is 10.9. The maximum absolute atomic E-state index is 13.5. The van der Waals surface area contributed by atoms with Gasteiger partial charge in [0.2, 0.25) is 0 Å². The van der Waals surface area contributed by atoms with Gasteiger partial charge in [0.1, 0.15) is 11.6 Å². The zero-order valence-electron chi connectivity index (χ0n) is 10.1. The second-order valence-electron chi connectivity index (χ2n) is 4.42. The lowest BCUT2D eigenvalue weighted by molar-refractivity contribution is 0.174. The van der Waals surface area contributed by atoms with Gasteiger partial charge in [0.25, 0.3) is 0 Å². The first kappa shape index (κ1) is 14.0. The fourth-order valence-electron chi connectivity index (χ4n) is 1.92. The maximum atomic E-state index is 13.5. The third-order valence-corrected chi connectivity index (χ3v) is 3.08. The van der Waals surface area contributed by atoms with E-state index >= 15 is 0 Å². The van der Waals surface area contributed by atoms with Gasteiger partial charge in [0, 0.05) is 11.4 Å². The molecule has 2 aromatic rings. The van der Waals surface area contributed by atoms with E-state index in [1.807, 2.05) is 0 Å². The Labute approximate surface area is 115 Å². The predicted octanol–water partition coefficient (Wildman–Crippen LogP) is 3.76. The highest BCUT2D eigenvalue weighted by molar-refractivity contribution is 6.30. The van der Waals surface area contributed by atoms with E-state index in [4.69, 9.17) is 11.6 Å². The topological polar surface area (TPSA) is 20.2 Å². The van der Waals surface area contributed by atoms with Crippen LogP contribution < -0.4 is 0 Å². The van der Waals surface area contributed by atoms with Gasteiger partial charge in [0.15, 0.2) is 0 Å². The van der Waals surface area contributed by atoms with E-state index in [0.29, 0.717) is 17.0 Å². The molecule has 2 rings (SSSR count). The summed E-state index contributed by atoms with van der Waals surface area (Å²) in [5.74, 6) is -0.707. The third kappa shape index (κ3) is 4.01. The molecule has 0 saturated heterocycles. The van der Waals surface area contributed by atoms with Crippen LogP contribution >= 0.6 is 11.6 Å². The Bertz CT molecular complexity index is 555. The molecule has 0 radical (unpaired) electrons. The van der Waals surface area contributed by atoms with E-state index in [1.54, 1.807) is 12.1 Å². The first-order valence-electron chi connectivity index (χ1n) is 5.91. The molecule has 0 aliphatic carbocycles. The Hall–Kier alpha value is -1.45. The first-order valence-corrected chi connectivity index (χ1v) is 6.29. The van der Waals surface area contributed by atoms with Gasteiger partial charge in [-0.05, 0) is 47.9 Å². The van der Waals surface area contributed by atoms with Gasteiger partial charge in [0.05, 0.1) is 6.10 Å². The van der Waals surface area contributed by atoms with Crippen molar-refractivity contribution in [1.29, 1.82) is 0 Å². The molecular formula is C15H13ClF2O. The van der Waals surface area contributed by atoms with Crippen LogP contribution in [0.5, 0.6) is 0 Å². The summed E-state index contributed by atoms with van der Waals surface area (Å²) in [7, 11) is 0. The lowest BCUT2D eigenvalue weighted by atomic mass is 10.0. The average Bonchev–Trinajstić information content (AvgIpc) is 2.37. The van der Waals surface area contributed by atoms with Crippen molar-refractivity contribution in [3.63, 3.8) is 0 Å². The minimum atomic E-state index is -0.738. The molecule has 1 N–H and O–H groups in total. The molecule has 1 unspecified atom stereocenters. The quantitative estimate of drug-likeness (QED) is 0.905. The maximum Gasteiger partial charge on any atom is 0.126 e. The Kier molecular flexibility index (Phi) is 4.51. The summed E-state index contributed by atoms with van der Waals surface area (Å²) >= 11 is 5.79. The summed E-state index contributed by atoms with van der Waals surface area (Å²) in [4.78, 5) is 0. The second kappa shape index (κ2) is 6.13. The molecule has 0 saturated carbocycles. The van der Waals surface area contributed by atoms with Crippen LogP contribution in [0.2, 0.25) is 5.02 Å². The molecule has 1 nitrogen and oxygen atoms in total. The SMILES string of the molecule is OC(Cc1ccc(F)cc1)Cc1cc(Cl)ccc1F. The van der Waals surface area contributed by atoms with Crippen LogP contribution in [0, 0.1) is 11.6 Å². The summed E-state index contributed by atoms with van der Waals surface area (Å²) in [5, 5.41) is 10.4. The van der Waals surface area contributed by atoms with Crippen molar-refractivity contribution in [2.24, 2.45) is 0 Å². The van der Waals surface area contributed by atoms with E-state index in [0.717, 1.165) is 5.56 Å². The Morgan fingerprint density at radius 2 is 1.68 bits per heavy atom. The van der Waals surface area contributed by atoms with Crippen molar-refractivity contribution in [1.82, 2.24) is 0 Å². The Morgan fingerprint density at radius 1 is 1.00 bits per heavy atom. The summed E-state index contributed by atoms with van der Waals surface area (Å²) in [6, 6.07) is 10.1. The van der Waals surface area contributed by atoms with Gasteiger partial charge in [-0.15, -0.1) is 0 Å². The number of hydrogen-bond donors (Lipinski definition) is 1. The van der Waals surface area contributed by atoms with Crippen LogP contribution in [-0.2, 0) is 12.8 Å². The minimum absolute atomic E-state index is 0.170. The zero-order chi connectivity index (χ0) is 13.8. The van der Waals surface area contributed by atoms with Gasteiger partial charge in [-0.1, -0.05) is 23.7 Å². The predicted molar refractivity (Wildman–Crippen MR) is 71.2 cm³/mol. The first-order chi connectivity index (χ1) is 9.04. The van der Waals surface area contributed by atoms with E-state index in [-0.39, 0.29) is 18.1 Å².